The summed E-state index contributed by atoms with van der Waals surface area (Å²) in [6.45, 7) is 1.80. The first kappa shape index (κ1) is 20.2. The number of aryl methyl sites for hydroxylation is 1. The maximum atomic E-state index is 15.1. The number of hydrogen-bond donors (Lipinski definition) is 3. The van der Waals surface area contributed by atoms with E-state index in [0.29, 0.717) is 51.2 Å². The van der Waals surface area contributed by atoms with Crippen LogP contribution in [0.1, 0.15) is 11.3 Å². The van der Waals surface area contributed by atoms with E-state index in [1.54, 1.807) is 31.3 Å². The fourth-order valence-corrected chi connectivity index (χ4v) is 5.09. The molecule has 1 aliphatic heterocycles. The number of sulfone groups is 1. The van der Waals surface area contributed by atoms with Crippen LogP contribution in [0.25, 0.3) is 21.9 Å². The average Bonchev–Trinajstić information content (AvgIpc) is 3.13. The molecule has 0 bridgehead atoms. The van der Waals surface area contributed by atoms with Gasteiger partial charge in [-0.05, 0) is 30.0 Å². The summed E-state index contributed by atoms with van der Waals surface area (Å²) in [5, 5.41) is 8.55. The van der Waals surface area contributed by atoms with Gasteiger partial charge in [0.1, 0.15) is 11.7 Å². The molecule has 0 radical (unpaired) electrons. The largest absolute Gasteiger partial charge is 0.397 e. The lowest BCUT2D eigenvalue weighted by atomic mass is 9.97. The number of anilines is 4. The van der Waals surface area contributed by atoms with Gasteiger partial charge >= 0.3 is 0 Å². The van der Waals surface area contributed by atoms with Crippen LogP contribution >= 0.6 is 0 Å². The Morgan fingerprint density at radius 2 is 1.91 bits per heavy atom. The lowest BCUT2D eigenvalue weighted by Crippen LogP contribution is -2.24. The molecule has 11 heteroatoms. The highest BCUT2D eigenvalue weighted by atomic mass is 32.2. The first-order valence-corrected chi connectivity index (χ1v) is 11.7. The molecule has 5 N–H and O–H groups in total. The highest BCUT2D eigenvalue weighted by Gasteiger charge is 2.23. The Hall–Kier alpha value is -3.73. The highest BCUT2D eigenvalue weighted by Crippen LogP contribution is 2.36. The Kier molecular flexibility index (Phi) is 4.52. The molecular formula is C21H20FN7O2S. The van der Waals surface area contributed by atoms with Gasteiger partial charge in [-0.1, -0.05) is 0 Å². The number of aromatic nitrogens is 4. The summed E-state index contributed by atoms with van der Waals surface area (Å²) in [7, 11) is -3.14. The van der Waals surface area contributed by atoms with Crippen LogP contribution in [0.4, 0.5) is 27.4 Å². The second-order valence-electron chi connectivity index (χ2n) is 7.82. The van der Waals surface area contributed by atoms with E-state index in [4.69, 9.17) is 11.5 Å². The summed E-state index contributed by atoms with van der Waals surface area (Å²) in [4.78, 5) is 8.39. The average molecular weight is 454 g/mol. The predicted octanol–water partition coefficient (Wildman–Crippen LogP) is 2.78. The summed E-state index contributed by atoms with van der Waals surface area (Å²) in [6, 6.07) is 5.22. The van der Waals surface area contributed by atoms with E-state index in [2.05, 4.69) is 20.4 Å². The number of pyridine rings is 2. The highest BCUT2D eigenvalue weighted by molar-refractivity contribution is 7.90. The van der Waals surface area contributed by atoms with E-state index in [-0.39, 0.29) is 17.3 Å². The van der Waals surface area contributed by atoms with Crippen molar-refractivity contribution < 1.29 is 12.8 Å². The molecule has 0 aliphatic carbocycles. The third-order valence-corrected chi connectivity index (χ3v) is 7.12. The Labute approximate surface area is 183 Å². The van der Waals surface area contributed by atoms with Crippen molar-refractivity contribution in [2.45, 2.75) is 19.2 Å². The summed E-state index contributed by atoms with van der Waals surface area (Å²) in [5.41, 5.74) is 14.9. The first-order chi connectivity index (χ1) is 15.2. The first-order valence-electron chi connectivity index (χ1n) is 9.84. The molecule has 3 aromatic heterocycles. The van der Waals surface area contributed by atoms with Gasteiger partial charge in [0.05, 0.1) is 23.3 Å². The lowest BCUT2D eigenvalue weighted by Gasteiger charge is -2.13. The van der Waals surface area contributed by atoms with Gasteiger partial charge in [0.2, 0.25) is 0 Å². The van der Waals surface area contributed by atoms with Crippen LogP contribution in [-0.4, -0.2) is 33.9 Å². The number of hydrogen-bond acceptors (Lipinski definition) is 8. The van der Waals surface area contributed by atoms with Crippen LogP contribution < -0.4 is 16.8 Å². The number of halogens is 1. The van der Waals surface area contributed by atoms with Crippen molar-refractivity contribution in [3.8, 4) is 11.1 Å². The van der Waals surface area contributed by atoms with Crippen molar-refractivity contribution in [1.29, 1.82) is 0 Å². The number of nitrogens with one attached hydrogen (secondary N) is 1. The summed E-state index contributed by atoms with van der Waals surface area (Å²) in [5.74, 6) is 0.365. The minimum absolute atomic E-state index is 0.0129. The Bertz CT molecular complexity index is 1500. The number of fused-ring (bicyclic) bond motifs is 2. The molecule has 0 saturated heterocycles. The van der Waals surface area contributed by atoms with E-state index in [1.807, 2.05) is 0 Å². The van der Waals surface area contributed by atoms with Crippen molar-refractivity contribution in [1.82, 2.24) is 19.7 Å². The van der Waals surface area contributed by atoms with Crippen LogP contribution in [0.2, 0.25) is 0 Å². The number of nitrogen functional groups attached to an aromatic ring is 2. The van der Waals surface area contributed by atoms with Gasteiger partial charge in [-0.15, -0.1) is 0 Å². The van der Waals surface area contributed by atoms with Crippen LogP contribution in [-0.2, 0) is 22.1 Å². The summed E-state index contributed by atoms with van der Waals surface area (Å²) < 4.78 is 40.2. The molecule has 4 aromatic rings. The third kappa shape index (κ3) is 3.40. The van der Waals surface area contributed by atoms with Crippen molar-refractivity contribution >= 4 is 43.6 Å². The summed E-state index contributed by atoms with van der Waals surface area (Å²) in [6.07, 6.45) is 4.97. The third-order valence-electron chi connectivity index (χ3n) is 5.65. The van der Waals surface area contributed by atoms with Gasteiger partial charge in [0, 0.05) is 47.1 Å². The van der Waals surface area contributed by atoms with Gasteiger partial charge in [0.15, 0.2) is 21.5 Å². The molecule has 1 aromatic carbocycles. The van der Waals surface area contributed by atoms with E-state index < -0.39 is 15.7 Å². The maximum absolute atomic E-state index is 15.1. The molecule has 5 rings (SSSR count). The molecule has 4 heterocycles. The Balaban J connectivity index is 1.55. The lowest BCUT2D eigenvalue weighted by molar-refractivity contribution is 0.557. The van der Waals surface area contributed by atoms with E-state index in [1.165, 1.54) is 17.1 Å². The summed E-state index contributed by atoms with van der Waals surface area (Å²) >= 11 is 0. The Morgan fingerprint density at radius 3 is 2.72 bits per heavy atom. The zero-order valence-corrected chi connectivity index (χ0v) is 17.9. The topological polar surface area (TPSA) is 142 Å². The maximum Gasteiger partial charge on any atom is 0.170 e. The normalized spacial score (nSPS) is 14.9. The molecule has 0 atom stereocenters. The van der Waals surface area contributed by atoms with Gasteiger partial charge in [-0.25, -0.2) is 17.8 Å². The van der Waals surface area contributed by atoms with Crippen molar-refractivity contribution in [3.63, 3.8) is 0 Å². The van der Waals surface area contributed by atoms with Gasteiger partial charge in [-0.2, -0.15) is 5.10 Å². The van der Waals surface area contributed by atoms with Crippen molar-refractivity contribution in [2.24, 2.45) is 0 Å². The second kappa shape index (κ2) is 7.16. The van der Waals surface area contributed by atoms with Crippen molar-refractivity contribution in [3.05, 3.63) is 53.9 Å². The molecule has 32 heavy (non-hydrogen) atoms. The number of rotatable bonds is 3. The molecule has 0 saturated carbocycles. The van der Waals surface area contributed by atoms with Gasteiger partial charge in [0.25, 0.3) is 0 Å². The monoisotopic (exact) mass is 453 g/mol. The Morgan fingerprint density at radius 1 is 1.09 bits per heavy atom. The van der Waals surface area contributed by atoms with Crippen molar-refractivity contribution in [2.75, 3.05) is 22.5 Å². The molecular weight excluding hydrogens is 433 g/mol. The zero-order valence-electron chi connectivity index (χ0n) is 17.1. The fourth-order valence-electron chi connectivity index (χ4n) is 3.85. The van der Waals surface area contributed by atoms with E-state index >= 15 is 4.39 Å². The zero-order chi connectivity index (χ0) is 22.6. The second-order valence-corrected chi connectivity index (χ2v) is 9.97. The molecule has 164 valence electrons. The number of nitrogens with two attached hydrogens (primary N) is 2. The van der Waals surface area contributed by atoms with Crippen LogP contribution in [0, 0.1) is 12.7 Å². The SMILES string of the molecule is Cc1c(N)cncc1-c1cc2cc(Nc3cc4n(n3)CS(=O)(=O)CC4)ncc2c(N)c1F. The standard InChI is InChI=1S/C21H20FN7O2S/c1-11-15(7-25-9-17(11)23)14-4-12-5-18(26-8-16(12)21(24)20(14)22)27-19-6-13-2-3-32(30,31)10-29(13)28-19/h4-9H,2-3,10,23-24H2,1H3,(H,26,27,28). The smallest absolute Gasteiger partial charge is 0.170 e. The molecule has 0 unspecified atom stereocenters. The molecule has 1 aliphatic rings. The van der Waals surface area contributed by atoms with Crippen LogP contribution in [0.15, 0.2) is 36.8 Å². The molecule has 0 spiro atoms. The molecule has 0 amide bonds. The number of nitrogens with zero attached hydrogens (tertiary/aromatic N) is 4. The van der Waals surface area contributed by atoms with E-state index in [0.717, 1.165) is 5.69 Å². The van der Waals surface area contributed by atoms with Crippen LogP contribution in [0.5, 0.6) is 0 Å². The quantitative estimate of drug-likeness (QED) is 0.402. The van der Waals surface area contributed by atoms with Gasteiger partial charge in [-0.3, -0.25) is 9.67 Å². The minimum Gasteiger partial charge on any atom is -0.397 e. The van der Waals surface area contributed by atoms with Gasteiger partial charge < -0.3 is 16.8 Å². The number of benzene rings is 1. The minimum atomic E-state index is -3.14. The van der Waals surface area contributed by atoms with Crippen LogP contribution in [0.3, 0.4) is 0 Å². The van der Waals surface area contributed by atoms with E-state index in [9.17, 15) is 8.42 Å². The molecule has 9 nitrogen and oxygen atoms in total. The molecule has 0 fully saturated rings. The predicted molar refractivity (Wildman–Crippen MR) is 121 cm³/mol. The fraction of sp³-hybridized carbons (Fsp3) is 0.190.